The molecule has 112 valence electrons. The smallest absolute Gasteiger partial charge is 0.313 e. The lowest BCUT2D eigenvalue weighted by atomic mass is 10.3. The summed E-state index contributed by atoms with van der Waals surface area (Å²) >= 11 is 0. The topological polar surface area (TPSA) is 67.4 Å². The first-order valence-corrected chi connectivity index (χ1v) is 6.72. The summed E-state index contributed by atoms with van der Waals surface area (Å²) in [6.07, 6.45) is 1.50. The molecular weight excluding hydrogens is 280 g/mol. The van der Waals surface area contributed by atoms with Crippen LogP contribution in [0.2, 0.25) is 0 Å². The van der Waals surface area contributed by atoms with Gasteiger partial charge in [-0.2, -0.15) is 0 Å². The van der Waals surface area contributed by atoms with Gasteiger partial charge in [-0.3, -0.25) is 9.59 Å². The molecule has 2 amide bonds. The SMILES string of the molecule is C=CCNC(=O)C(=O)Nc1ccc(Oc2ccccc2)cc1. The first-order chi connectivity index (χ1) is 10.7. The normalized spacial score (nSPS) is 9.64. The predicted molar refractivity (Wildman–Crippen MR) is 84.8 cm³/mol. The first-order valence-electron chi connectivity index (χ1n) is 6.72. The lowest BCUT2D eigenvalue weighted by Crippen LogP contribution is -2.35. The van der Waals surface area contributed by atoms with Gasteiger partial charge in [-0.15, -0.1) is 6.58 Å². The summed E-state index contributed by atoms with van der Waals surface area (Å²) in [4.78, 5) is 23.0. The summed E-state index contributed by atoms with van der Waals surface area (Å²) in [7, 11) is 0. The summed E-state index contributed by atoms with van der Waals surface area (Å²) in [6.45, 7) is 3.71. The molecule has 0 aromatic heterocycles. The molecule has 0 radical (unpaired) electrons. The van der Waals surface area contributed by atoms with E-state index in [2.05, 4.69) is 17.2 Å². The Balaban J connectivity index is 1.93. The van der Waals surface area contributed by atoms with Crippen LogP contribution in [0.3, 0.4) is 0 Å². The molecule has 5 nitrogen and oxygen atoms in total. The Labute approximate surface area is 128 Å². The number of para-hydroxylation sites is 1. The molecule has 2 aromatic carbocycles. The minimum Gasteiger partial charge on any atom is -0.457 e. The van der Waals surface area contributed by atoms with Gasteiger partial charge in [0.1, 0.15) is 11.5 Å². The number of carbonyl (C=O) groups is 2. The molecule has 0 heterocycles. The van der Waals surface area contributed by atoms with Crippen molar-refractivity contribution in [2.75, 3.05) is 11.9 Å². The highest BCUT2D eigenvalue weighted by Crippen LogP contribution is 2.22. The van der Waals surface area contributed by atoms with E-state index in [-0.39, 0.29) is 6.54 Å². The van der Waals surface area contributed by atoms with Crippen molar-refractivity contribution < 1.29 is 14.3 Å². The van der Waals surface area contributed by atoms with E-state index >= 15 is 0 Å². The average molecular weight is 296 g/mol. The van der Waals surface area contributed by atoms with E-state index in [0.29, 0.717) is 11.4 Å². The fourth-order valence-corrected chi connectivity index (χ4v) is 1.66. The van der Waals surface area contributed by atoms with Crippen molar-refractivity contribution >= 4 is 17.5 Å². The molecular formula is C17H16N2O3. The minimum atomic E-state index is -0.724. The standard InChI is InChI=1S/C17H16N2O3/c1-2-12-18-16(20)17(21)19-13-8-10-15(11-9-13)22-14-6-4-3-5-7-14/h2-11H,1,12H2,(H,18,20)(H,19,21). The molecule has 0 saturated carbocycles. The average Bonchev–Trinajstić information content (AvgIpc) is 2.55. The molecule has 2 N–H and O–H groups in total. The summed E-state index contributed by atoms with van der Waals surface area (Å²) in [5.41, 5.74) is 0.513. The first kappa shape index (κ1) is 15.3. The maximum Gasteiger partial charge on any atom is 0.313 e. The largest absolute Gasteiger partial charge is 0.457 e. The van der Waals surface area contributed by atoms with Gasteiger partial charge in [0, 0.05) is 12.2 Å². The van der Waals surface area contributed by atoms with Gasteiger partial charge in [0.15, 0.2) is 0 Å². The van der Waals surface area contributed by atoms with E-state index in [1.807, 2.05) is 30.3 Å². The summed E-state index contributed by atoms with van der Waals surface area (Å²) in [5, 5.41) is 4.90. The van der Waals surface area contributed by atoms with Gasteiger partial charge in [-0.1, -0.05) is 24.3 Å². The second-order valence-electron chi connectivity index (χ2n) is 4.39. The molecule has 5 heteroatoms. The molecule has 0 aliphatic carbocycles. The Kier molecular flexibility index (Phi) is 5.31. The molecule has 2 rings (SSSR count). The number of amides is 2. The van der Waals surface area contributed by atoms with Gasteiger partial charge in [0.05, 0.1) is 0 Å². The predicted octanol–water partition coefficient (Wildman–Crippen LogP) is 2.72. The molecule has 0 spiro atoms. The Morgan fingerprint density at radius 2 is 1.59 bits per heavy atom. The van der Waals surface area contributed by atoms with Gasteiger partial charge in [0.2, 0.25) is 0 Å². The highest BCUT2D eigenvalue weighted by Gasteiger charge is 2.12. The number of benzene rings is 2. The highest BCUT2D eigenvalue weighted by atomic mass is 16.5. The molecule has 22 heavy (non-hydrogen) atoms. The van der Waals surface area contributed by atoms with Crippen LogP contribution in [0.25, 0.3) is 0 Å². The quantitative estimate of drug-likeness (QED) is 0.658. The lowest BCUT2D eigenvalue weighted by Gasteiger charge is -2.08. The van der Waals surface area contributed by atoms with Crippen LogP contribution in [0.1, 0.15) is 0 Å². The van der Waals surface area contributed by atoms with Gasteiger partial charge in [-0.05, 0) is 36.4 Å². The van der Waals surface area contributed by atoms with E-state index in [1.54, 1.807) is 24.3 Å². The second kappa shape index (κ2) is 7.64. The summed E-state index contributed by atoms with van der Waals surface area (Å²) in [5.74, 6) is -0.0634. The highest BCUT2D eigenvalue weighted by molar-refractivity contribution is 6.39. The third kappa shape index (κ3) is 4.49. The third-order valence-electron chi connectivity index (χ3n) is 2.70. The van der Waals surface area contributed by atoms with Crippen LogP contribution in [-0.2, 0) is 9.59 Å². The van der Waals surface area contributed by atoms with Crippen LogP contribution in [0, 0.1) is 0 Å². The molecule has 2 aromatic rings. The molecule has 0 saturated heterocycles. The Morgan fingerprint density at radius 1 is 0.955 bits per heavy atom. The molecule has 0 aliphatic rings. The van der Waals surface area contributed by atoms with Crippen LogP contribution in [0.5, 0.6) is 11.5 Å². The van der Waals surface area contributed by atoms with Crippen LogP contribution in [-0.4, -0.2) is 18.4 Å². The summed E-state index contributed by atoms with van der Waals surface area (Å²) < 4.78 is 5.64. The van der Waals surface area contributed by atoms with Crippen molar-refractivity contribution in [1.82, 2.24) is 5.32 Å². The second-order valence-corrected chi connectivity index (χ2v) is 4.39. The van der Waals surface area contributed by atoms with Gasteiger partial charge >= 0.3 is 11.8 Å². The van der Waals surface area contributed by atoms with Crippen LogP contribution < -0.4 is 15.4 Å². The Hall–Kier alpha value is -3.08. The lowest BCUT2D eigenvalue weighted by molar-refractivity contribution is -0.136. The van der Waals surface area contributed by atoms with Crippen LogP contribution in [0.4, 0.5) is 5.69 Å². The number of hydrogen-bond acceptors (Lipinski definition) is 3. The van der Waals surface area contributed by atoms with Gasteiger partial charge in [0.25, 0.3) is 0 Å². The van der Waals surface area contributed by atoms with Crippen molar-refractivity contribution in [3.8, 4) is 11.5 Å². The Morgan fingerprint density at radius 3 is 2.23 bits per heavy atom. The zero-order valence-electron chi connectivity index (χ0n) is 11.9. The van der Waals surface area contributed by atoms with Crippen LogP contribution >= 0.6 is 0 Å². The van der Waals surface area contributed by atoms with E-state index < -0.39 is 11.8 Å². The third-order valence-corrected chi connectivity index (χ3v) is 2.70. The summed E-state index contributed by atoms with van der Waals surface area (Å²) in [6, 6.07) is 16.1. The van der Waals surface area contributed by atoms with Crippen molar-refractivity contribution in [2.45, 2.75) is 0 Å². The number of nitrogens with one attached hydrogen (secondary N) is 2. The fraction of sp³-hybridized carbons (Fsp3) is 0.0588. The minimum absolute atomic E-state index is 0.246. The van der Waals surface area contributed by atoms with E-state index in [0.717, 1.165) is 5.75 Å². The number of carbonyl (C=O) groups excluding carboxylic acids is 2. The molecule has 0 bridgehead atoms. The number of anilines is 1. The zero-order valence-corrected chi connectivity index (χ0v) is 11.9. The molecule has 0 atom stereocenters. The van der Waals surface area contributed by atoms with E-state index in [9.17, 15) is 9.59 Å². The van der Waals surface area contributed by atoms with Crippen molar-refractivity contribution in [1.29, 1.82) is 0 Å². The monoisotopic (exact) mass is 296 g/mol. The molecule has 0 fully saturated rings. The zero-order chi connectivity index (χ0) is 15.8. The maximum atomic E-state index is 11.6. The number of rotatable bonds is 5. The van der Waals surface area contributed by atoms with Crippen molar-refractivity contribution in [3.05, 3.63) is 67.3 Å². The van der Waals surface area contributed by atoms with Gasteiger partial charge < -0.3 is 15.4 Å². The van der Waals surface area contributed by atoms with Crippen LogP contribution in [0.15, 0.2) is 67.3 Å². The molecule has 0 unspecified atom stereocenters. The van der Waals surface area contributed by atoms with E-state index in [4.69, 9.17) is 4.74 Å². The van der Waals surface area contributed by atoms with E-state index in [1.165, 1.54) is 6.08 Å². The van der Waals surface area contributed by atoms with Crippen molar-refractivity contribution in [2.24, 2.45) is 0 Å². The van der Waals surface area contributed by atoms with Crippen molar-refractivity contribution in [3.63, 3.8) is 0 Å². The number of ether oxygens (including phenoxy) is 1. The van der Waals surface area contributed by atoms with Gasteiger partial charge in [-0.25, -0.2) is 0 Å². The molecule has 0 aliphatic heterocycles. The maximum absolute atomic E-state index is 11.6. The fourth-order valence-electron chi connectivity index (χ4n) is 1.66. The Bertz CT molecular complexity index is 651. The number of hydrogen-bond donors (Lipinski definition) is 2.